The van der Waals surface area contributed by atoms with Crippen molar-refractivity contribution < 1.29 is 8.42 Å². The lowest BCUT2D eigenvalue weighted by Crippen LogP contribution is -2.38. The topological polar surface area (TPSA) is 49.4 Å². The summed E-state index contributed by atoms with van der Waals surface area (Å²) in [6.07, 6.45) is 6.68. The molecule has 2 rings (SSSR count). The van der Waals surface area contributed by atoms with Crippen LogP contribution in [0.1, 0.15) is 45.4 Å². The van der Waals surface area contributed by atoms with E-state index in [0.29, 0.717) is 11.7 Å². The molecule has 0 spiro atoms. The molecular weight excluding hydrogens is 248 g/mol. The van der Waals surface area contributed by atoms with Gasteiger partial charge in [0.2, 0.25) is 10.0 Å². The normalized spacial score (nSPS) is 22.4. The Balaban J connectivity index is 1.64. The minimum Gasteiger partial charge on any atom is -0.314 e. The third-order valence-electron chi connectivity index (χ3n) is 4.16. The number of hydrogen-bond acceptors (Lipinski definition) is 3. The van der Waals surface area contributed by atoms with Gasteiger partial charge in [-0.05, 0) is 57.9 Å². The molecule has 106 valence electrons. The third kappa shape index (κ3) is 4.21. The molecule has 2 aliphatic rings. The zero-order valence-electron chi connectivity index (χ0n) is 11.6. The lowest BCUT2D eigenvalue weighted by atomic mass is 10.2. The Labute approximate surface area is 111 Å². The highest BCUT2D eigenvalue weighted by molar-refractivity contribution is 7.89. The van der Waals surface area contributed by atoms with Crippen molar-refractivity contribution in [1.82, 2.24) is 9.62 Å². The highest BCUT2D eigenvalue weighted by atomic mass is 32.2. The Morgan fingerprint density at radius 2 is 1.89 bits per heavy atom. The Hall–Kier alpha value is -0.130. The number of nitrogens with one attached hydrogen (secondary N) is 1. The predicted molar refractivity (Wildman–Crippen MR) is 74.0 cm³/mol. The standard InChI is InChI=1S/C13H26N2O2S/c1-11(12-5-6-12)15(2)18(16,17)10-4-3-9-14-13-7-8-13/h11-14H,3-10H2,1-2H3. The Bertz CT molecular complexity index is 361. The van der Waals surface area contributed by atoms with Gasteiger partial charge >= 0.3 is 0 Å². The van der Waals surface area contributed by atoms with Gasteiger partial charge in [-0.2, -0.15) is 0 Å². The summed E-state index contributed by atoms with van der Waals surface area (Å²) in [4.78, 5) is 0. The fourth-order valence-electron chi connectivity index (χ4n) is 2.28. The van der Waals surface area contributed by atoms with Gasteiger partial charge in [-0.3, -0.25) is 0 Å². The number of nitrogens with zero attached hydrogens (tertiary/aromatic N) is 1. The van der Waals surface area contributed by atoms with Crippen LogP contribution in [-0.4, -0.2) is 44.2 Å². The average molecular weight is 274 g/mol. The predicted octanol–water partition coefficient (Wildman–Crippen LogP) is 1.58. The first-order valence-electron chi connectivity index (χ1n) is 7.20. The zero-order chi connectivity index (χ0) is 13.2. The first kappa shape index (κ1) is 14.3. The molecule has 5 heteroatoms. The van der Waals surface area contributed by atoms with Crippen LogP contribution in [0.5, 0.6) is 0 Å². The van der Waals surface area contributed by atoms with Crippen LogP contribution in [0, 0.1) is 5.92 Å². The molecule has 0 saturated heterocycles. The van der Waals surface area contributed by atoms with Crippen LogP contribution in [0.4, 0.5) is 0 Å². The minimum absolute atomic E-state index is 0.180. The minimum atomic E-state index is -3.04. The second kappa shape index (κ2) is 5.88. The van der Waals surface area contributed by atoms with Crippen molar-refractivity contribution in [1.29, 1.82) is 0 Å². The maximum Gasteiger partial charge on any atom is 0.214 e. The van der Waals surface area contributed by atoms with E-state index in [9.17, 15) is 8.42 Å². The summed E-state index contributed by atoms with van der Waals surface area (Å²) >= 11 is 0. The Morgan fingerprint density at radius 1 is 1.22 bits per heavy atom. The number of sulfonamides is 1. The van der Waals surface area contributed by atoms with Crippen molar-refractivity contribution >= 4 is 10.0 Å². The van der Waals surface area contributed by atoms with E-state index in [2.05, 4.69) is 5.32 Å². The van der Waals surface area contributed by atoms with Gasteiger partial charge < -0.3 is 5.32 Å². The van der Waals surface area contributed by atoms with Gasteiger partial charge in [0.05, 0.1) is 5.75 Å². The SMILES string of the molecule is CC(C1CC1)N(C)S(=O)(=O)CCCCNC1CC1. The van der Waals surface area contributed by atoms with E-state index in [1.165, 1.54) is 25.7 Å². The molecule has 0 amide bonds. The quantitative estimate of drug-likeness (QED) is 0.649. The number of unbranched alkanes of at least 4 members (excludes halogenated alkanes) is 1. The molecule has 0 aromatic rings. The highest BCUT2D eigenvalue weighted by Crippen LogP contribution is 2.35. The zero-order valence-corrected chi connectivity index (χ0v) is 12.4. The van der Waals surface area contributed by atoms with Crippen LogP contribution in [0.25, 0.3) is 0 Å². The summed E-state index contributed by atoms with van der Waals surface area (Å²) in [6, 6.07) is 0.902. The molecule has 0 bridgehead atoms. The van der Waals surface area contributed by atoms with E-state index in [1.807, 2.05) is 6.92 Å². The number of hydrogen-bond donors (Lipinski definition) is 1. The van der Waals surface area contributed by atoms with Gasteiger partial charge in [0.15, 0.2) is 0 Å². The van der Waals surface area contributed by atoms with E-state index < -0.39 is 10.0 Å². The van der Waals surface area contributed by atoms with E-state index in [-0.39, 0.29) is 6.04 Å². The molecule has 2 fully saturated rings. The van der Waals surface area contributed by atoms with E-state index in [1.54, 1.807) is 11.4 Å². The van der Waals surface area contributed by atoms with E-state index >= 15 is 0 Å². The summed E-state index contributed by atoms with van der Waals surface area (Å²) < 4.78 is 25.8. The molecule has 1 N–H and O–H groups in total. The molecule has 0 aliphatic heterocycles. The molecule has 0 radical (unpaired) electrons. The first-order valence-corrected chi connectivity index (χ1v) is 8.81. The third-order valence-corrected chi connectivity index (χ3v) is 6.17. The maximum absolute atomic E-state index is 12.1. The monoisotopic (exact) mass is 274 g/mol. The lowest BCUT2D eigenvalue weighted by molar-refractivity contribution is 0.356. The fourth-order valence-corrected chi connectivity index (χ4v) is 3.81. The van der Waals surface area contributed by atoms with Crippen LogP contribution in [-0.2, 0) is 10.0 Å². The summed E-state index contributed by atoms with van der Waals surface area (Å²) in [6.45, 7) is 2.99. The van der Waals surface area contributed by atoms with Crippen LogP contribution >= 0.6 is 0 Å². The Morgan fingerprint density at radius 3 is 2.44 bits per heavy atom. The van der Waals surface area contributed by atoms with Crippen molar-refractivity contribution in [3.05, 3.63) is 0 Å². The fraction of sp³-hybridized carbons (Fsp3) is 1.00. The van der Waals surface area contributed by atoms with Gasteiger partial charge in [-0.25, -0.2) is 12.7 Å². The molecule has 1 atom stereocenters. The maximum atomic E-state index is 12.1. The molecule has 0 aromatic heterocycles. The van der Waals surface area contributed by atoms with Gasteiger partial charge in [-0.1, -0.05) is 0 Å². The lowest BCUT2D eigenvalue weighted by Gasteiger charge is -2.24. The van der Waals surface area contributed by atoms with Crippen LogP contribution in [0.3, 0.4) is 0 Å². The van der Waals surface area contributed by atoms with Gasteiger partial charge in [-0.15, -0.1) is 0 Å². The van der Waals surface area contributed by atoms with Crippen molar-refractivity contribution in [3.63, 3.8) is 0 Å². The summed E-state index contributed by atoms with van der Waals surface area (Å²) in [7, 11) is -1.31. The van der Waals surface area contributed by atoms with Crippen molar-refractivity contribution in [2.45, 2.75) is 57.5 Å². The second-order valence-electron chi connectivity index (χ2n) is 5.85. The van der Waals surface area contributed by atoms with Gasteiger partial charge in [0.25, 0.3) is 0 Å². The van der Waals surface area contributed by atoms with Crippen molar-refractivity contribution in [2.24, 2.45) is 5.92 Å². The smallest absolute Gasteiger partial charge is 0.214 e. The van der Waals surface area contributed by atoms with Crippen LogP contribution in [0.15, 0.2) is 0 Å². The molecule has 0 heterocycles. The molecule has 2 aliphatic carbocycles. The number of rotatable bonds is 9. The molecule has 4 nitrogen and oxygen atoms in total. The summed E-state index contributed by atoms with van der Waals surface area (Å²) in [5.41, 5.74) is 0. The summed E-state index contributed by atoms with van der Waals surface area (Å²) in [5, 5.41) is 3.41. The van der Waals surface area contributed by atoms with Crippen molar-refractivity contribution in [2.75, 3.05) is 19.3 Å². The average Bonchev–Trinajstić information content (AvgIpc) is 3.16. The molecular formula is C13H26N2O2S. The molecule has 1 unspecified atom stereocenters. The second-order valence-corrected chi connectivity index (χ2v) is 7.99. The van der Waals surface area contributed by atoms with E-state index in [0.717, 1.165) is 25.4 Å². The molecule has 18 heavy (non-hydrogen) atoms. The van der Waals surface area contributed by atoms with Crippen molar-refractivity contribution in [3.8, 4) is 0 Å². The van der Waals surface area contributed by atoms with Crippen LogP contribution in [0.2, 0.25) is 0 Å². The first-order chi connectivity index (χ1) is 8.50. The van der Waals surface area contributed by atoms with Gasteiger partial charge in [0, 0.05) is 19.1 Å². The summed E-state index contributed by atoms with van der Waals surface area (Å²) in [5.74, 6) is 0.897. The van der Waals surface area contributed by atoms with Crippen LogP contribution < -0.4 is 5.32 Å². The molecule has 2 saturated carbocycles. The highest BCUT2D eigenvalue weighted by Gasteiger charge is 2.34. The van der Waals surface area contributed by atoms with Gasteiger partial charge in [0.1, 0.15) is 0 Å². The van der Waals surface area contributed by atoms with E-state index in [4.69, 9.17) is 0 Å². The Kier molecular flexibility index (Phi) is 4.67. The largest absolute Gasteiger partial charge is 0.314 e. The molecule has 0 aromatic carbocycles.